The molecule has 2 unspecified atom stereocenters. The number of ether oxygens (including phenoxy) is 2. The summed E-state index contributed by atoms with van der Waals surface area (Å²) in [7, 11) is -2.46. The van der Waals surface area contributed by atoms with Gasteiger partial charge < -0.3 is 14.8 Å². The summed E-state index contributed by atoms with van der Waals surface area (Å²) < 4.78 is 38.7. The van der Waals surface area contributed by atoms with Crippen molar-refractivity contribution in [1.82, 2.24) is 9.29 Å². The molecule has 1 fully saturated rings. The van der Waals surface area contributed by atoms with Crippen LogP contribution < -0.4 is 10.1 Å². The van der Waals surface area contributed by atoms with Crippen LogP contribution >= 0.6 is 11.3 Å². The summed E-state index contributed by atoms with van der Waals surface area (Å²) in [5.74, 6) is -0.265. The zero-order valence-corrected chi connectivity index (χ0v) is 20.1. The Kier molecular flexibility index (Phi) is 7.52. The molecule has 0 spiro atoms. The van der Waals surface area contributed by atoms with Crippen molar-refractivity contribution in [3.63, 3.8) is 0 Å². The number of aromatic nitrogens is 1. The van der Waals surface area contributed by atoms with Crippen molar-refractivity contribution in [3.8, 4) is 5.75 Å². The number of rotatable bonds is 7. The maximum atomic E-state index is 13.4. The van der Waals surface area contributed by atoms with Gasteiger partial charge in [0.15, 0.2) is 5.13 Å². The van der Waals surface area contributed by atoms with Crippen molar-refractivity contribution >= 4 is 38.4 Å². The molecule has 2 atom stereocenters. The largest absolute Gasteiger partial charge is 0.495 e. The molecule has 0 saturated carbocycles. The lowest BCUT2D eigenvalue weighted by atomic mass is 9.94. The van der Waals surface area contributed by atoms with Gasteiger partial charge in [-0.1, -0.05) is 13.8 Å². The molecule has 1 aliphatic rings. The second-order valence-corrected chi connectivity index (χ2v) is 10.8. The molecule has 1 saturated heterocycles. The minimum absolute atomic E-state index is 0.0580. The first-order valence-corrected chi connectivity index (χ1v) is 12.5. The van der Waals surface area contributed by atoms with Gasteiger partial charge in [0.05, 0.1) is 18.4 Å². The van der Waals surface area contributed by atoms with Crippen LogP contribution in [-0.4, -0.2) is 49.8 Å². The van der Waals surface area contributed by atoms with Gasteiger partial charge in [-0.25, -0.2) is 18.2 Å². The Balaban J connectivity index is 1.78. The standard InChI is InChI=1S/C21H27N3O6S2/c1-13-7-14(2)10-24(9-13)32(27,28)19-8-16(5-6-18(19)29-4)20(26)30-11-17-12-31-21(23-17)22-15(3)25/h5-6,8,12-14H,7,9-11H2,1-4H3,(H,22,23,25). The van der Waals surface area contributed by atoms with Gasteiger partial charge in [0.25, 0.3) is 0 Å². The maximum absolute atomic E-state index is 13.4. The second-order valence-electron chi connectivity index (χ2n) is 8.04. The molecule has 0 radical (unpaired) electrons. The Hall–Kier alpha value is -2.50. The number of amides is 1. The van der Waals surface area contributed by atoms with Crippen LogP contribution in [-0.2, 0) is 26.2 Å². The van der Waals surface area contributed by atoms with E-state index in [-0.39, 0.29) is 40.6 Å². The number of thiazole rings is 1. The fraction of sp³-hybridized carbons (Fsp3) is 0.476. The van der Waals surface area contributed by atoms with E-state index in [0.717, 1.165) is 6.42 Å². The number of carbonyl (C=O) groups excluding carboxylic acids is 2. The van der Waals surface area contributed by atoms with E-state index in [4.69, 9.17) is 9.47 Å². The Morgan fingerprint density at radius 3 is 2.56 bits per heavy atom. The van der Waals surface area contributed by atoms with Crippen molar-refractivity contribution in [2.75, 3.05) is 25.5 Å². The predicted octanol–water partition coefficient (Wildman–Crippen LogP) is 3.13. The summed E-state index contributed by atoms with van der Waals surface area (Å²) in [5, 5.41) is 4.64. The van der Waals surface area contributed by atoms with E-state index in [2.05, 4.69) is 10.3 Å². The number of hydrogen-bond acceptors (Lipinski definition) is 8. The van der Waals surface area contributed by atoms with Gasteiger partial charge in [0, 0.05) is 25.4 Å². The van der Waals surface area contributed by atoms with Crippen molar-refractivity contribution in [3.05, 3.63) is 34.8 Å². The van der Waals surface area contributed by atoms with E-state index in [1.165, 1.54) is 47.9 Å². The average molecular weight is 482 g/mol. The zero-order valence-electron chi connectivity index (χ0n) is 18.5. The number of benzene rings is 1. The summed E-state index contributed by atoms with van der Waals surface area (Å²) in [5.41, 5.74) is 0.574. The molecular weight excluding hydrogens is 454 g/mol. The van der Waals surface area contributed by atoms with Crippen LogP contribution in [0.3, 0.4) is 0 Å². The molecule has 1 amide bonds. The summed E-state index contributed by atoms with van der Waals surface area (Å²) in [6, 6.07) is 4.22. The predicted molar refractivity (Wildman–Crippen MR) is 120 cm³/mol. The Bertz CT molecular complexity index is 1090. The first kappa shape index (κ1) is 24.1. The van der Waals surface area contributed by atoms with E-state index < -0.39 is 16.0 Å². The molecule has 32 heavy (non-hydrogen) atoms. The molecule has 1 aromatic heterocycles. The minimum atomic E-state index is -3.85. The van der Waals surface area contributed by atoms with Crippen LogP contribution in [0.15, 0.2) is 28.5 Å². The number of sulfonamides is 1. The highest BCUT2D eigenvalue weighted by Crippen LogP contribution is 2.32. The average Bonchev–Trinajstić information content (AvgIpc) is 3.17. The van der Waals surface area contributed by atoms with Crippen LogP contribution in [0.2, 0.25) is 0 Å². The van der Waals surface area contributed by atoms with Gasteiger partial charge in [-0.3, -0.25) is 4.79 Å². The first-order chi connectivity index (χ1) is 15.1. The van der Waals surface area contributed by atoms with Gasteiger partial charge >= 0.3 is 5.97 Å². The molecule has 11 heteroatoms. The quantitative estimate of drug-likeness (QED) is 0.604. The minimum Gasteiger partial charge on any atom is -0.495 e. The van der Waals surface area contributed by atoms with Gasteiger partial charge in [0.2, 0.25) is 15.9 Å². The molecule has 1 aromatic carbocycles. The maximum Gasteiger partial charge on any atom is 0.338 e. The van der Waals surface area contributed by atoms with E-state index >= 15 is 0 Å². The third-order valence-corrected chi connectivity index (χ3v) is 7.70. The van der Waals surface area contributed by atoms with Crippen molar-refractivity contribution in [2.45, 2.75) is 38.7 Å². The van der Waals surface area contributed by atoms with Crippen LogP contribution in [0.5, 0.6) is 5.75 Å². The van der Waals surface area contributed by atoms with Gasteiger partial charge in [-0.15, -0.1) is 11.3 Å². The molecule has 0 bridgehead atoms. The Morgan fingerprint density at radius 1 is 1.25 bits per heavy atom. The topological polar surface area (TPSA) is 115 Å². The van der Waals surface area contributed by atoms with Crippen molar-refractivity contribution in [1.29, 1.82) is 0 Å². The lowest BCUT2D eigenvalue weighted by Gasteiger charge is -2.34. The van der Waals surface area contributed by atoms with Crippen LogP contribution in [0.1, 0.15) is 43.2 Å². The van der Waals surface area contributed by atoms with Crippen molar-refractivity contribution in [2.24, 2.45) is 11.8 Å². The number of hydrogen-bond donors (Lipinski definition) is 1. The first-order valence-electron chi connectivity index (χ1n) is 10.2. The molecule has 174 valence electrons. The molecule has 0 aliphatic carbocycles. The third kappa shape index (κ3) is 5.64. The molecule has 2 aromatic rings. The normalized spacial score (nSPS) is 19.4. The highest BCUT2D eigenvalue weighted by Gasteiger charge is 2.34. The monoisotopic (exact) mass is 481 g/mol. The highest BCUT2D eigenvalue weighted by atomic mass is 32.2. The Labute approximate surface area is 191 Å². The summed E-state index contributed by atoms with van der Waals surface area (Å²) in [6.45, 7) is 6.17. The number of esters is 1. The molecule has 1 N–H and O–H groups in total. The lowest BCUT2D eigenvalue weighted by molar-refractivity contribution is -0.114. The third-order valence-electron chi connectivity index (χ3n) is 5.04. The van der Waals surface area contributed by atoms with Crippen LogP contribution in [0.25, 0.3) is 0 Å². The smallest absolute Gasteiger partial charge is 0.338 e. The van der Waals surface area contributed by atoms with Crippen molar-refractivity contribution < 1.29 is 27.5 Å². The fourth-order valence-electron chi connectivity index (χ4n) is 3.75. The zero-order chi connectivity index (χ0) is 23.5. The summed E-state index contributed by atoms with van der Waals surface area (Å²) in [4.78, 5) is 27.8. The number of carbonyl (C=O) groups is 2. The number of methoxy groups -OCH3 is 1. The second kappa shape index (κ2) is 9.97. The summed E-state index contributed by atoms with van der Waals surface area (Å²) >= 11 is 1.22. The van der Waals surface area contributed by atoms with Crippen LogP contribution in [0, 0.1) is 11.8 Å². The van der Waals surface area contributed by atoms with E-state index in [0.29, 0.717) is 23.9 Å². The highest BCUT2D eigenvalue weighted by molar-refractivity contribution is 7.89. The van der Waals surface area contributed by atoms with Gasteiger partial charge in [0.1, 0.15) is 17.3 Å². The van der Waals surface area contributed by atoms with Gasteiger partial charge in [-0.2, -0.15) is 4.31 Å². The Morgan fingerprint density at radius 2 is 1.94 bits per heavy atom. The van der Waals surface area contributed by atoms with Crippen LogP contribution in [0.4, 0.5) is 5.13 Å². The fourth-order valence-corrected chi connectivity index (χ4v) is 6.35. The number of anilines is 1. The summed E-state index contributed by atoms with van der Waals surface area (Å²) in [6.07, 6.45) is 0.968. The number of nitrogens with zero attached hydrogens (tertiary/aromatic N) is 2. The SMILES string of the molecule is COc1ccc(C(=O)OCc2csc(NC(C)=O)n2)cc1S(=O)(=O)N1CC(C)CC(C)C1. The van der Waals surface area contributed by atoms with Gasteiger partial charge in [-0.05, 0) is 36.5 Å². The molecule has 2 heterocycles. The molecule has 9 nitrogen and oxygen atoms in total. The molecule has 3 rings (SSSR count). The number of piperidine rings is 1. The number of nitrogens with one attached hydrogen (secondary N) is 1. The van der Waals surface area contributed by atoms with E-state index in [9.17, 15) is 18.0 Å². The lowest BCUT2D eigenvalue weighted by Crippen LogP contribution is -2.42. The molecular formula is C21H27N3O6S2. The molecule has 1 aliphatic heterocycles. The van der Waals surface area contributed by atoms with E-state index in [1.807, 2.05) is 13.8 Å². The van der Waals surface area contributed by atoms with E-state index in [1.54, 1.807) is 5.38 Å².